The largest absolute Gasteiger partial charge is 0.480 e. The van der Waals surface area contributed by atoms with Crippen molar-refractivity contribution in [3.63, 3.8) is 0 Å². The molecule has 21 heavy (non-hydrogen) atoms. The van der Waals surface area contributed by atoms with Gasteiger partial charge < -0.3 is 15.0 Å². The summed E-state index contributed by atoms with van der Waals surface area (Å²) in [5.74, 6) is 0.945. The topological polar surface area (TPSA) is 41.6 Å². The number of amides is 1. The Balaban J connectivity index is 2.09. The number of hydrogen-bond acceptors (Lipinski definition) is 3. The fraction of sp³-hybridized carbons (Fsp3) is 0.588. The van der Waals surface area contributed by atoms with Crippen molar-refractivity contribution in [2.45, 2.75) is 46.3 Å². The molecule has 4 nitrogen and oxygen atoms in total. The molecule has 0 saturated carbocycles. The average Bonchev–Trinajstić information content (AvgIpc) is 2.96. The molecule has 0 bridgehead atoms. The van der Waals surface area contributed by atoms with Crippen LogP contribution in [0, 0.1) is 13.8 Å². The molecule has 1 N–H and O–H groups in total. The summed E-state index contributed by atoms with van der Waals surface area (Å²) in [6, 6.07) is 4.23. The van der Waals surface area contributed by atoms with Crippen LogP contribution in [0.4, 0.5) is 0 Å². The van der Waals surface area contributed by atoms with Gasteiger partial charge in [0.25, 0.3) is 5.91 Å². The van der Waals surface area contributed by atoms with Gasteiger partial charge in [-0.15, -0.1) is 0 Å². The van der Waals surface area contributed by atoms with E-state index in [9.17, 15) is 4.79 Å². The molecule has 1 unspecified atom stereocenters. The number of nitrogens with one attached hydrogen (secondary N) is 1. The van der Waals surface area contributed by atoms with Crippen LogP contribution in [-0.2, 0) is 11.3 Å². The molecule has 1 amide bonds. The van der Waals surface area contributed by atoms with Crippen molar-refractivity contribution in [2.75, 3.05) is 20.1 Å². The first-order valence-corrected chi connectivity index (χ1v) is 7.73. The Morgan fingerprint density at radius 1 is 1.29 bits per heavy atom. The van der Waals surface area contributed by atoms with E-state index >= 15 is 0 Å². The average molecular weight is 290 g/mol. The first-order valence-electron chi connectivity index (χ1n) is 7.73. The van der Waals surface area contributed by atoms with Crippen molar-refractivity contribution in [3.05, 3.63) is 28.8 Å². The minimum Gasteiger partial charge on any atom is -0.480 e. The predicted octanol–water partition coefficient (Wildman–Crippen LogP) is 2.41. The number of carbonyl (C=O) groups excluding carboxylic acids is 1. The first kappa shape index (κ1) is 15.8. The third-order valence-electron chi connectivity index (χ3n) is 3.96. The normalized spacial score (nSPS) is 16.1. The van der Waals surface area contributed by atoms with Gasteiger partial charge in [0.2, 0.25) is 0 Å². The summed E-state index contributed by atoms with van der Waals surface area (Å²) in [5.41, 5.74) is 3.40. The van der Waals surface area contributed by atoms with Gasteiger partial charge in [0.15, 0.2) is 6.10 Å². The van der Waals surface area contributed by atoms with Gasteiger partial charge in [-0.1, -0.05) is 12.1 Å². The van der Waals surface area contributed by atoms with Crippen LogP contribution in [0.15, 0.2) is 12.1 Å². The maximum Gasteiger partial charge on any atom is 0.263 e. The monoisotopic (exact) mass is 290 g/mol. The van der Waals surface area contributed by atoms with Crippen LogP contribution in [0.25, 0.3) is 0 Å². The van der Waals surface area contributed by atoms with E-state index in [0.29, 0.717) is 0 Å². The molecular formula is C17H26N2O2. The van der Waals surface area contributed by atoms with Crippen molar-refractivity contribution in [1.29, 1.82) is 0 Å². The highest BCUT2D eigenvalue weighted by Crippen LogP contribution is 2.26. The highest BCUT2D eigenvalue weighted by Gasteiger charge is 2.25. The summed E-state index contributed by atoms with van der Waals surface area (Å²) in [6.45, 7) is 8.49. The van der Waals surface area contributed by atoms with E-state index in [-0.39, 0.29) is 5.91 Å². The molecule has 1 heterocycles. The molecule has 1 saturated heterocycles. The van der Waals surface area contributed by atoms with E-state index in [1.807, 2.05) is 32.7 Å². The van der Waals surface area contributed by atoms with Gasteiger partial charge in [-0.3, -0.25) is 4.79 Å². The maximum absolute atomic E-state index is 12.3. The summed E-state index contributed by atoms with van der Waals surface area (Å²) in [6.07, 6.45) is 1.79. The number of rotatable bonds is 5. The van der Waals surface area contributed by atoms with Crippen molar-refractivity contribution in [1.82, 2.24) is 10.2 Å². The van der Waals surface area contributed by atoms with E-state index in [2.05, 4.69) is 17.4 Å². The van der Waals surface area contributed by atoms with Crippen LogP contribution in [0.5, 0.6) is 5.75 Å². The predicted molar refractivity (Wildman–Crippen MR) is 84.6 cm³/mol. The van der Waals surface area contributed by atoms with Gasteiger partial charge in [-0.2, -0.15) is 0 Å². The van der Waals surface area contributed by atoms with Crippen LogP contribution in [-0.4, -0.2) is 37.0 Å². The maximum atomic E-state index is 12.3. The highest BCUT2D eigenvalue weighted by atomic mass is 16.5. The lowest BCUT2D eigenvalue weighted by Crippen LogP contribution is -2.38. The molecule has 116 valence electrons. The molecule has 1 aromatic rings. The Morgan fingerprint density at radius 2 is 1.86 bits per heavy atom. The second-order valence-corrected chi connectivity index (χ2v) is 5.88. The molecule has 0 radical (unpaired) electrons. The lowest BCUT2D eigenvalue weighted by atomic mass is 10.1. The number of benzene rings is 1. The van der Waals surface area contributed by atoms with Gasteiger partial charge in [0.05, 0.1) is 0 Å². The van der Waals surface area contributed by atoms with Crippen molar-refractivity contribution < 1.29 is 9.53 Å². The van der Waals surface area contributed by atoms with Crippen LogP contribution in [0.3, 0.4) is 0 Å². The molecule has 4 heteroatoms. The lowest BCUT2D eigenvalue weighted by Gasteiger charge is -2.23. The highest BCUT2D eigenvalue weighted by molar-refractivity contribution is 5.81. The number of nitrogens with zero attached hydrogens (tertiary/aromatic N) is 1. The van der Waals surface area contributed by atoms with Gasteiger partial charge >= 0.3 is 0 Å². The zero-order valence-corrected chi connectivity index (χ0v) is 13.5. The third kappa shape index (κ3) is 3.76. The molecule has 0 aromatic heterocycles. The van der Waals surface area contributed by atoms with Crippen LogP contribution in [0.1, 0.15) is 36.5 Å². The standard InChI is InChI=1S/C17H26N2O2/c1-12-9-15(11-18-4)10-13(2)16(12)21-14(3)17(20)19-7-5-6-8-19/h9-10,14,18H,5-8,11H2,1-4H3. The minimum atomic E-state index is -0.421. The molecule has 1 fully saturated rings. The molecule has 0 spiro atoms. The molecule has 1 atom stereocenters. The SMILES string of the molecule is CNCc1cc(C)c(OC(C)C(=O)N2CCCC2)c(C)c1. The van der Waals surface area contributed by atoms with Gasteiger partial charge in [0, 0.05) is 19.6 Å². The summed E-state index contributed by atoms with van der Waals surface area (Å²) < 4.78 is 5.97. The molecule has 1 aromatic carbocycles. The molecule has 0 aliphatic carbocycles. The van der Waals surface area contributed by atoms with Crippen molar-refractivity contribution >= 4 is 5.91 Å². The Kier molecular flexibility index (Phi) is 5.23. The Labute approximate surface area is 127 Å². The minimum absolute atomic E-state index is 0.102. The van der Waals surface area contributed by atoms with Crippen LogP contribution in [0.2, 0.25) is 0 Å². The van der Waals surface area contributed by atoms with Gasteiger partial charge in [0.1, 0.15) is 5.75 Å². The van der Waals surface area contributed by atoms with Crippen LogP contribution < -0.4 is 10.1 Å². The molecule has 1 aliphatic heterocycles. The van der Waals surface area contributed by atoms with Crippen molar-refractivity contribution in [2.24, 2.45) is 0 Å². The number of hydrogen-bond donors (Lipinski definition) is 1. The van der Waals surface area contributed by atoms with Crippen molar-refractivity contribution in [3.8, 4) is 5.75 Å². The van der Waals surface area contributed by atoms with E-state index in [1.54, 1.807) is 0 Å². The van der Waals surface area contributed by atoms with E-state index in [1.165, 1.54) is 5.56 Å². The van der Waals surface area contributed by atoms with E-state index in [0.717, 1.165) is 49.4 Å². The molecule has 1 aliphatic rings. The second kappa shape index (κ2) is 6.94. The summed E-state index contributed by atoms with van der Waals surface area (Å²) >= 11 is 0. The first-order chi connectivity index (χ1) is 10.0. The Bertz CT molecular complexity index is 485. The number of carbonyl (C=O) groups is 1. The Morgan fingerprint density at radius 3 is 2.38 bits per heavy atom. The summed E-state index contributed by atoms with van der Waals surface area (Å²) in [7, 11) is 1.94. The fourth-order valence-corrected chi connectivity index (χ4v) is 2.95. The van der Waals surface area contributed by atoms with E-state index < -0.39 is 6.10 Å². The van der Waals surface area contributed by atoms with E-state index in [4.69, 9.17) is 4.74 Å². The number of likely N-dealkylation sites (tertiary alicyclic amines) is 1. The fourth-order valence-electron chi connectivity index (χ4n) is 2.95. The zero-order chi connectivity index (χ0) is 15.4. The smallest absolute Gasteiger partial charge is 0.263 e. The van der Waals surface area contributed by atoms with Gasteiger partial charge in [-0.05, 0) is 57.4 Å². The lowest BCUT2D eigenvalue weighted by molar-refractivity contribution is -0.136. The second-order valence-electron chi connectivity index (χ2n) is 5.88. The number of ether oxygens (including phenoxy) is 1. The zero-order valence-electron chi connectivity index (χ0n) is 13.5. The quantitative estimate of drug-likeness (QED) is 0.905. The Hall–Kier alpha value is -1.55. The summed E-state index contributed by atoms with van der Waals surface area (Å²) in [5, 5.41) is 3.15. The molecule has 2 rings (SSSR count). The third-order valence-corrected chi connectivity index (χ3v) is 3.96. The van der Waals surface area contributed by atoms with Gasteiger partial charge in [-0.25, -0.2) is 0 Å². The summed E-state index contributed by atoms with van der Waals surface area (Å²) in [4.78, 5) is 14.2. The van der Waals surface area contributed by atoms with Crippen LogP contribution >= 0.6 is 0 Å². The molecular weight excluding hydrogens is 264 g/mol. The number of aryl methyl sites for hydroxylation is 2.